The number of nitrogens with zero attached hydrogens (tertiary/aromatic N) is 1. The molecule has 1 amide bonds. The van der Waals surface area contributed by atoms with E-state index in [1.165, 1.54) is 18.3 Å². The van der Waals surface area contributed by atoms with E-state index in [1.54, 1.807) is 36.4 Å². The first-order valence-electron chi connectivity index (χ1n) is 11.0. The second-order valence-corrected chi connectivity index (χ2v) is 8.09. The van der Waals surface area contributed by atoms with Gasteiger partial charge in [0, 0.05) is 5.39 Å². The lowest BCUT2D eigenvalue weighted by Gasteiger charge is -2.26. The first-order chi connectivity index (χ1) is 16.5. The molecule has 7 nitrogen and oxygen atoms in total. The molecule has 5 rings (SSSR count). The number of ether oxygens (including phenoxy) is 1. The van der Waals surface area contributed by atoms with Gasteiger partial charge in [-0.05, 0) is 41.8 Å². The number of carbonyl (C=O) groups is 2. The van der Waals surface area contributed by atoms with Crippen LogP contribution >= 0.6 is 0 Å². The van der Waals surface area contributed by atoms with Crippen LogP contribution in [0.2, 0.25) is 0 Å². The van der Waals surface area contributed by atoms with Crippen LogP contribution < -0.4 is 4.74 Å². The maximum Gasteiger partial charge on any atom is 0.290 e. The van der Waals surface area contributed by atoms with Crippen molar-refractivity contribution in [2.24, 2.45) is 0 Å². The number of rotatable bonds is 7. The zero-order valence-electron chi connectivity index (χ0n) is 18.8. The molecular formula is C27H23NO6. The lowest BCUT2D eigenvalue weighted by Crippen LogP contribution is -2.30. The fourth-order valence-electron chi connectivity index (χ4n) is 4.34. The smallest absolute Gasteiger partial charge is 0.290 e. The molecule has 1 N–H and O–H groups in total. The van der Waals surface area contributed by atoms with Crippen LogP contribution in [0.25, 0.3) is 11.0 Å². The number of Topliss-reactive ketones (excluding diaryl/α,β-unsaturated/α-hetero) is 1. The van der Waals surface area contributed by atoms with Crippen LogP contribution in [0.5, 0.6) is 5.75 Å². The second-order valence-electron chi connectivity index (χ2n) is 8.09. The minimum Gasteiger partial charge on any atom is -0.503 e. The fourth-order valence-corrected chi connectivity index (χ4v) is 4.34. The Hall–Kier alpha value is -4.26. The third-order valence-electron chi connectivity index (χ3n) is 6.11. The number of aryl methyl sites for hydroxylation is 1. The number of hydrogen-bond donors (Lipinski definition) is 1. The first kappa shape index (κ1) is 21.6. The van der Waals surface area contributed by atoms with Crippen molar-refractivity contribution in [3.05, 3.63) is 101 Å². The Morgan fingerprint density at radius 1 is 1.12 bits per heavy atom. The van der Waals surface area contributed by atoms with Crippen LogP contribution in [0.4, 0.5) is 0 Å². The molecule has 1 unspecified atom stereocenters. The molecule has 34 heavy (non-hydrogen) atoms. The Balaban J connectivity index is 1.60. The van der Waals surface area contributed by atoms with Crippen LogP contribution in [0.3, 0.4) is 0 Å². The van der Waals surface area contributed by atoms with Gasteiger partial charge in [-0.1, -0.05) is 43.3 Å². The van der Waals surface area contributed by atoms with E-state index in [4.69, 9.17) is 13.6 Å². The number of aliphatic hydroxyl groups excluding tert-OH is 1. The summed E-state index contributed by atoms with van der Waals surface area (Å²) in [6, 6.07) is 17.2. The predicted octanol–water partition coefficient (Wildman–Crippen LogP) is 5.38. The molecule has 1 atom stereocenters. The Kier molecular flexibility index (Phi) is 5.45. The van der Waals surface area contributed by atoms with Crippen LogP contribution in [0.1, 0.15) is 40.4 Å². The number of aliphatic hydroxyl groups is 1. The number of para-hydroxylation sites is 1. The lowest BCUT2D eigenvalue weighted by molar-refractivity contribution is -0.130. The molecule has 0 spiro atoms. The Morgan fingerprint density at radius 3 is 2.59 bits per heavy atom. The van der Waals surface area contributed by atoms with E-state index < -0.39 is 23.5 Å². The highest BCUT2D eigenvalue weighted by Crippen LogP contribution is 2.41. The van der Waals surface area contributed by atoms with Crippen molar-refractivity contribution in [3.8, 4) is 5.75 Å². The molecule has 7 heteroatoms. The molecule has 0 saturated carbocycles. The molecule has 2 aromatic heterocycles. The zero-order valence-corrected chi connectivity index (χ0v) is 18.8. The number of methoxy groups -OCH3 is 1. The molecule has 0 saturated heterocycles. The minimum absolute atomic E-state index is 0.0175. The topological polar surface area (TPSA) is 93.1 Å². The van der Waals surface area contributed by atoms with Gasteiger partial charge in [0.1, 0.15) is 5.76 Å². The monoisotopic (exact) mass is 457 g/mol. The molecule has 0 fully saturated rings. The van der Waals surface area contributed by atoms with Crippen LogP contribution in [-0.2, 0) is 17.8 Å². The minimum atomic E-state index is -0.800. The predicted molar refractivity (Wildman–Crippen MR) is 125 cm³/mol. The van der Waals surface area contributed by atoms with Crippen molar-refractivity contribution in [2.75, 3.05) is 7.11 Å². The number of carbonyl (C=O) groups excluding carboxylic acids is 2. The van der Waals surface area contributed by atoms with Gasteiger partial charge in [-0.3, -0.25) is 9.59 Å². The number of ketones is 1. The molecular weight excluding hydrogens is 434 g/mol. The summed E-state index contributed by atoms with van der Waals surface area (Å²) in [7, 11) is 1.52. The van der Waals surface area contributed by atoms with E-state index in [0.29, 0.717) is 28.0 Å². The number of fused-ring (bicyclic) bond motifs is 1. The first-order valence-corrected chi connectivity index (χ1v) is 11.0. The molecule has 0 radical (unpaired) electrons. The number of hydrogen-bond acceptors (Lipinski definition) is 6. The summed E-state index contributed by atoms with van der Waals surface area (Å²) in [5, 5.41) is 11.6. The van der Waals surface area contributed by atoms with Crippen LogP contribution in [0, 0.1) is 0 Å². The largest absolute Gasteiger partial charge is 0.503 e. The lowest BCUT2D eigenvalue weighted by atomic mass is 9.94. The summed E-state index contributed by atoms with van der Waals surface area (Å²) in [6.45, 7) is 2.15. The van der Waals surface area contributed by atoms with Crippen LogP contribution in [-0.4, -0.2) is 28.8 Å². The van der Waals surface area contributed by atoms with Crippen molar-refractivity contribution < 1.29 is 28.3 Å². The Labute approximate surface area is 195 Å². The Morgan fingerprint density at radius 2 is 1.91 bits per heavy atom. The Bertz CT molecular complexity index is 1390. The van der Waals surface area contributed by atoms with Gasteiger partial charge in [-0.25, -0.2) is 0 Å². The highest BCUT2D eigenvalue weighted by atomic mass is 16.5. The van der Waals surface area contributed by atoms with Gasteiger partial charge in [-0.15, -0.1) is 0 Å². The number of benzene rings is 2. The molecule has 1 aliphatic heterocycles. The quantitative estimate of drug-likeness (QED) is 0.375. The normalized spacial score (nSPS) is 16.0. The summed E-state index contributed by atoms with van der Waals surface area (Å²) >= 11 is 0. The average molecular weight is 457 g/mol. The van der Waals surface area contributed by atoms with E-state index in [1.807, 2.05) is 31.2 Å². The molecule has 2 aromatic carbocycles. The van der Waals surface area contributed by atoms with E-state index in [2.05, 4.69) is 0 Å². The molecule has 0 bridgehead atoms. The molecule has 3 heterocycles. The molecule has 4 aromatic rings. The molecule has 172 valence electrons. The maximum absolute atomic E-state index is 13.7. The average Bonchev–Trinajstić information content (AvgIpc) is 3.59. The number of amides is 1. The van der Waals surface area contributed by atoms with E-state index in [0.717, 1.165) is 12.0 Å². The van der Waals surface area contributed by atoms with Crippen molar-refractivity contribution in [1.82, 2.24) is 4.90 Å². The van der Waals surface area contributed by atoms with Crippen LogP contribution in [0.15, 0.2) is 87.1 Å². The van der Waals surface area contributed by atoms with Gasteiger partial charge in [0.15, 0.2) is 22.9 Å². The summed E-state index contributed by atoms with van der Waals surface area (Å²) < 4.78 is 16.6. The van der Waals surface area contributed by atoms with Gasteiger partial charge in [0.2, 0.25) is 5.78 Å². The van der Waals surface area contributed by atoms with Crippen molar-refractivity contribution in [2.45, 2.75) is 25.9 Å². The molecule has 1 aliphatic rings. The van der Waals surface area contributed by atoms with E-state index in [9.17, 15) is 14.7 Å². The maximum atomic E-state index is 13.7. The second kappa shape index (κ2) is 8.59. The third-order valence-corrected chi connectivity index (χ3v) is 6.11. The van der Waals surface area contributed by atoms with Gasteiger partial charge < -0.3 is 23.6 Å². The zero-order chi connectivity index (χ0) is 23.8. The summed E-state index contributed by atoms with van der Waals surface area (Å²) in [6.07, 6.45) is 2.37. The SMILES string of the molecule is CCc1ccc(C2C(C(=O)c3cc4cccc(OC)c4o3)=C(O)C(=O)N2Cc2ccco2)cc1. The number of furan rings is 2. The van der Waals surface area contributed by atoms with Crippen molar-refractivity contribution >= 4 is 22.7 Å². The molecule has 0 aliphatic carbocycles. The summed E-state index contributed by atoms with van der Waals surface area (Å²) in [5.41, 5.74) is 2.22. The van der Waals surface area contributed by atoms with E-state index >= 15 is 0 Å². The highest BCUT2D eigenvalue weighted by Gasteiger charge is 2.44. The van der Waals surface area contributed by atoms with Crippen molar-refractivity contribution in [3.63, 3.8) is 0 Å². The summed E-state index contributed by atoms with van der Waals surface area (Å²) in [4.78, 5) is 28.2. The van der Waals surface area contributed by atoms with E-state index in [-0.39, 0.29) is 17.9 Å². The highest BCUT2D eigenvalue weighted by molar-refractivity contribution is 6.16. The van der Waals surface area contributed by atoms with Gasteiger partial charge in [-0.2, -0.15) is 0 Å². The van der Waals surface area contributed by atoms with Crippen molar-refractivity contribution in [1.29, 1.82) is 0 Å². The summed E-state index contributed by atoms with van der Waals surface area (Å²) in [5.74, 6) is -0.743. The van der Waals surface area contributed by atoms with Gasteiger partial charge >= 0.3 is 0 Å². The van der Waals surface area contributed by atoms with Gasteiger partial charge in [0.25, 0.3) is 5.91 Å². The third kappa shape index (κ3) is 3.55. The standard InChI is InChI=1S/C27H23NO6/c1-3-16-9-11-17(12-10-16)23-22(25(30)27(31)28(23)15-19-7-5-13-33-19)24(29)21-14-18-6-4-8-20(32-2)26(18)34-21/h4-14,23,30H,3,15H2,1-2H3. The fraction of sp³-hybridized carbons (Fsp3) is 0.185. The van der Waals surface area contributed by atoms with Gasteiger partial charge in [0.05, 0.1) is 31.5 Å².